The molecule has 0 amide bonds. The first-order valence-corrected chi connectivity index (χ1v) is 9.37. The third kappa shape index (κ3) is 3.10. The van der Waals surface area contributed by atoms with E-state index in [1.165, 1.54) is 62.8 Å². The molecule has 0 radical (unpaired) electrons. The highest BCUT2D eigenvalue weighted by Crippen LogP contribution is 2.32. The Kier molecular flexibility index (Phi) is 4.01. The van der Waals surface area contributed by atoms with Crippen LogP contribution in [0.3, 0.4) is 0 Å². The Labute approximate surface area is 134 Å². The molecule has 0 spiro atoms. The number of thiazole rings is 1. The maximum absolute atomic E-state index is 12.1. The van der Waals surface area contributed by atoms with Gasteiger partial charge in [0.1, 0.15) is 0 Å². The van der Waals surface area contributed by atoms with Gasteiger partial charge in [0.15, 0.2) is 4.96 Å². The minimum Gasteiger partial charge on any atom is -0.294 e. The predicted octanol–water partition coefficient (Wildman–Crippen LogP) is 3.30. The van der Waals surface area contributed by atoms with Crippen molar-refractivity contribution in [2.24, 2.45) is 5.92 Å². The van der Waals surface area contributed by atoms with Crippen LogP contribution in [-0.2, 0) is 6.54 Å². The molecule has 0 aromatic carbocycles. The quantitative estimate of drug-likeness (QED) is 0.849. The number of fused-ring (bicyclic) bond motifs is 1. The standard InChI is InChI=1S/C17H23N3OS/c21-16-10-14(18-17-20(16)8-9-22-17)12-19(15-6-7-15)11-13-4-2-1-3-5-13/h8-10,13,15H,1-7,11-12H2. The third-order valence-corrected chi connectivity index (χ3v) is 5.76. The smallest absolute Gasteiger partial charge is 0.258 e. The second-order valence-electron chi connectivity index (χ2n) is 6.81. The van der Waals surface area contributed by atoms with Gasteiger partial charge in [0, 0.05) is 36.8 Å². The predicted molar refractivity (Wildman–Crippen MR) is 89.3 cm³/mol. The second kappa shape index (κ2) is 6.13. The first-order valence-electron chi connectivity index (χ1n) is 8.49. The number of rotatable bonds is 5. The van der Waals surface area contributed by atoms with Crippen LogP contribution < -0.4 is 5.56 Å². The second-order valence-corrected chi connectivity index (χ2v) is 7.68. The first kappa shape index (κ1) is 14.4. The van der Waals surface area contributed by atoms with Crippen molar-refractivity contribution in [3.63, 3.8) is 0 Å². The van der Waals surface area contributed by atoms with Crippen molar-refractivity contribution < 1.29 is 0 Å². The highest BCUT2D eigenvalue weighted by molar-refractivity contribution is 7.15. The van der Waals surface area contributed by atoms with Gasteiger partial charge in [-0.25, -0.2) is 4.98 Å². The molecule has 2 heterocycles. The van der Waals surface area contributed by atoms with Gasteiger partial charge in [-0.15, -0.1) is 11.3 Å². The minimum absolute atomic E-state index is 0.0506. The molecule has 2 aromatic rings. The van der Waals surface area contributed by atoms with Gasteiger partial charge in [0.2, 0.25) is 0 Å². The third-order valence-electron chi connectivity index (χ3n) is 5.00. The Morgan fingerprint density at radius 1 is 1.23 bits per heavy atom. The summed E-state index contributed by atoms with van der Waals surface area (Å²) in [5, 5.41) is 1.92. The Morgan fingerprint density at radius 3 is 2.82 bits per heavy atom. The molecule has 4 nitrogen and oxygen atoms in total. The molecule has 0 atom stereocenters. The van der Waals surface area contributed by atoms with E-state index < -0.39 is 0 Å². The number of hydrogen-bond acceptors (Lipinski definition) is 4. The molecule has 2 saturated carbocycles. The van der Waals surface area contributed by atoms with Crippen LogP contribution in [0.2, 0.25) is 0 Å². The molecule has 0 aliphatic heterocycles. The molecule has 0 bridgehead atoms. The van der Waals surface area contributed by atoms with Crippen LogP contribution in [0.1, 0.15) is 50.6 Å². The van der Waals surface area contributed by atoms with Gasteiger partial charge in [-0.3, -0.25) is 14.1 Å². The van der Waals surface area contributed by atoms with Crippen LogP contribution >= 0.6 is 11.3 Å². The van der Waals surface area contributed by atoms with Crippen molar-refractivity contribution in [1.82, 2.24) is 14.3 Å². The van der Waals surface area contributed by atoms with Gasteiger partial charge in [0.25, 0.3) is 5.56 Å². The van der Waals surface area contributed by atoms with Crippen molar-refractivity contribution in [2.75, 3.05) is 6.54 Å². The number of hydrogen-bond donors (Lipinski definition) is 0. The molecular weight excluding hydrogens is 294 g/mol. The summed E-state index contributed by atoms with van der Waals surface area (Å²) < 4.78 is 1.64. The molecule has 0 saturated heterocycles. The number of aromatic nitrogens is 2. The first-order chi connectivity index (χ1) is 10.8. The largest absolute Gasteiger partial charge is 0.294 e. The summed E-state index contributed by atoms with van der Waals surface area (Å²) in [5.74, 6) is 0.848. The fourth-order valence-electron chi connectivity index (χ4n) is 3.66. The molecule has 22 heavy (non-hydrogen) atoms. The van der Waals surface area contributed by atoms with Crippen molar-refractivity contribution in [3.8, 4) is 0 Å². The lowest BCUT2D eigenvalue weighted by molar-refractivity contribution is 0.184. The summed E-state index contributed by atoms with van der Waals surface area (Å²) in [7, 11) is 0. The van der Waals surface area contributed by atoms with E-state index in [1.54, 1.807) is 16.7 Å². The molecule has 2 aliphatic carbocycles. The van der Waals surface area contributed by atoms with E-state index in [0.717, 1.165) is 29.2 Å². The summed E-state index contributed by atoms with van der Waals surface area (Å²) in [6.45, 7) is 2.03. The SMILES string of the molecule is O=c1cc(CN(CC2CCCCC2)C2CC2)nc2sccn12. The zero-order chi connectivity index (χ0) is 14.9. The monoisotopic (exact) mass is 317 g/mol. The van der Waals surface area contributed by atoms with Crippen molar-refractivity contribution in [2.45, 2.75) is 57.5 Å². The molecule has 118 valence electrons. The molecule has 2 fully saturated rings. The lowest BCUT2D eigenvalue weighted by Gasteiger charge is -2.29. The Hall–Kier alpha value is -1.20. The molecule has 4 rings (SSSR count). The molecule has 0 N–H and O–H groups in total. The number of nitrogens with zero attached hydrogens (tertiary/aromatic N) is 3. The lowest BCUT2D eigenvalue weighted by Crippen LogP contribution is -2.33. The Bertz CT molecular complexity index is 697. The highest BCUT2D eigenvalue weighted by atomic mass is 32.1. The summed E-state index contributed by atoms with van der Waals surface area (Å²) in [6.07, 6.45) is 11.4. The van der Waals surface area contributed by atoms with Crippen molar-refractivity contribution in [1.29, 1.82) is 0 Å². The van der Waals surface area contributed by atoms with Gasteiger partial charge in [-0.2, -0.15) is 0 Å². The maximum atomic E-state index is 12.1. The van der Waals surface area contributed by atoms with Crippen molar-refractivity contribution >= 4 is 16.3 Å². The van der Waals surface area contributed by atoms with E-state index >= 15 is 0 Å². The summed E-state index contributed by atoms with van der Waals surface area (Å²) in [4.78, 5) is 20.2. The maximum Gasteiger partial charge on any atom is 0.258 e. The van der Waals surface area contributed by atoms with E-state index in [4.69, 9.17) is 0 Å². The molecule has 0 unspecified atom stereocenters. The van der Waals surface area contributed by atoms with E-state index in [9.17, 15) is 4.79 Å². The van der Waals surface area contributed by atoms with Crippen LogP contribution in [0, 0.1) is 5.92 Å². The zero-order valence-corrected chi connectivity index (χ0v) is 13.7. The van der Waals surface area contributed by atoms with Gasteiger partial charge >= 0.3 is 0 Å². The normalized spacial score (nSPS) is 20.0. The van der Waals surface area contributed by atoms with Crippen LogP contribution in [0.4, 0.5) is 0 Å². The van der Waals surface area contributed by atoms with Gasteiger partial charge < -0.3 is 0 Å². The average molecular weight is 317 g/mol. The van der Waals surface area contributed by atoms with E-state index in [-0.39, 0.29) is 5.56 Å². The fourth-order valence-corrected chi connectivity index (χ4v) is 4.40. The molecule has 2 aliphatic rings. The van der Waals surface area contributed by atoms with Crippen LogP contribution in [0.25, 0.3) is 4.96 Å². The fraction of sp³-hybridized carbons (Fsp3) is 0.647. The summed E-state index contributed by atoms with van der Waals surface area (Å²) in [6, 6.07) is 2.45. The zero-order valence-electron chi connectivity index (χ0n) is 12.9. The van der Waals surface area contributed by atoms with Crippen LogP contribution in [0.15, 0.2) is 22.4 Å². The lowest BCUT2D eigenvalue weighted by atomic mass is 9.89. The topological polar surface area (TPSA) is 37.6 Å². The molecular formula is C17H23N3OS. The van der Waals surface area contributed by atoms with E-state index in [0.29, 0.717) is 0 Å². The summed E-state index contributed by atoms with van der Waals surface area (Å²) >= 11 is 1.54. The Morgan fingerprint density at radius 2 is 2.05 bits per heavy atom. The molecule has 5 heteroatoms. The minimum atomic E-state index is 0.0506. The highest BCUT2D eigenvalue weighted by Gasteiger charge is 2.31. The van der Waals surface area contributed by atoms with E-state index in [1.807, 2.05) is 5.38 Å². The van der Waals surface area contributed by atoms with Crippen LogP contribution in [0.5, 0.6) is 0 Å². The van der Waals surface area contributed by atoms with E-state index in [2.05, 4.69) is 9.88 Å². The van der Waals surface area contributed by atoms with Gasteiger partial charge in [0.05, 0.1) is 5.69 Å². The average Bonchev–Trinajstić information content (AvgIpc) is 3.26. The Balaban J connectivity index is 1.51. The van der Waals surface area contributed by atoms with Crippen molar-refractivity contribution in [3.05, 3.63) is 33.7 Å². The summed E-state index contributed by atoms with van der Waals surface area (Å²) in [5.41, 5.74) is 0.991. The molecule has 2 aromatic heterocycles. The van der Waals surface area contributed by atoms with Gasteiger partial charge in [-0.05, 0) is 31.6 Å². The van der Waals surface area contributed by atoms with Gasteiger partial charge in [-0.1, -0.05) is 19.3 Å². The van der Waals surface area contributed by atoms with Crippen LogP contribution in [-0.4, -0.2) is 26.9 Å².